The normalized spacial score (nSPS) is 11.7. The molecule has 90 valence electrons. The molecular weight excluding hydrogens is 220 g/mol. The van der Waals surface area contributed by atoms with Crippen LogP contribution in [-0.4, -0.2) is 17.1 Å². The second-order valence-corrected chi connectivity index (χ2v) is 5.58. The van der Waals surface area contributed by atoms with Crippen molar-refractivity contribution >= 4 is 11.3 Å². The van der Waals surface area contributed by atoms with E-state index >= 15 is 0 Å². The fourth-order valence-electron chi connectivity index (χ4n) is 1.08. The van der Waals surface area contributed by atoms with Crippen LogP contribution >= 0.6 is 11.3 Å². The lowest BCUT2D eigenvalue weighted by Crippen LogP contribution is -2.35. The molecule has 1 aromatic rings. The van der Waals surface area contributed by atoms with Crippen molar-refractivity contribution in [3.8, 4) is 0 Å². The van der Waals surface area contributed by atoms with Gasteiger partial charge in [0.05, 0.1) is 18.9 Å². The van der Waals surface area contributed by atoms with E-state index in [2.05, 4.69) is 37.7 Å². The van der Waals surface area contributed by atoms with Crippen molar-refractivity contribution in [3.05, 3.63) is 28.7 Å². The quantitative estimate of drug-likeness (QED) is 0.613. The van der Waals surface area contributed by atoms with Gasteiger partial charge in [0.15, 0.2) is 0 Å². The van der Waals surface area contributed by atoms with Crippen LogP contribution in [0, 0.1) is 0 Å². The van der Waals surface area contributed by atoms with E-state index in [9.17, 15) is 0 Å². The summed E-state index contributed by atoms with van der Waals surface area (Å²) in [5, 5.41) is 6.56. The van der Waals surface area contributed by atoms with Crippen molar-refractivity contribution < 1.29 is 4.74 Å². The molecule has 1 rings (SSSR count). The third-order valence-electron chi connectivity index (χ3n) is 1.85. The maximum Gasteiger partial charge on any atom is 0.107 e. The molecule has 0 aromatic carbocycles. The minimum atomic E-state index is 0.130. The molecule has 0 saturated heterocycles. The molecule has 0 radical (unpaired) electrons. The van der Waals surface area contributed by atoms with Gasteiger partial charge in [-0.15, -0.1) is 17.9 Å². The Morgan fingerprint density at radius 3 is 2.94 bits per heavy atom. The largest absolute Gasteiger partial charge is 0.371 e. The van der Waals surface area contributed by atoms with Crippen LogP contribution in [0.2, 0.25) is 0 Å². The van der Waals surface area contributed by atoms with Gasteiger partial charge in [0.1, 0.15) is 5.01 Å². The Kier molecular flexibility index (Phi) is 5.12. The predicted molar refractivity (Wildman–Crippen MR) is 68.6 cm³/mol. The van der Waals surface area contributed by atoms with Crippen LogP contribution in [0.4, 0.5) is 0 Å². The van der Waals surface area contributed by atoms with Gasteiger partial charge in [-0.1, -0.05) is 6.08 Å². The first-order chi connectivity index (χ1) is 7.51. The zero-order valence-corrected chi connectivity index (χ0v) is 11.1. The molecule has 0 unspecified atom stereocenters. The lowest BCUT2D eigenvalue weighted by molar-refractivity contribution is 0.146. The van der Waals surface area contributed by atoms with E-state index in [0.29, 0.717) is 13.2 Å². The van der Waals surface area contributed by atoms with Crippen molar-refractivity contribution in [2.75, 3.05) is 6.61 Å². The maximum atomic E-state index is 5.33. The summed E-state index contributed by atoms with van der Waals surface area (Å²) in [6.45, 7) is 12.0. The van der Waals surface area contributed by atoms with Gasteiger partial charge in [0.25, 0.3) is 0 Å². The van der Waals surface area contributed by atoms with Crippen molar-refractivity contribution in [1.29, 1.82) is 0 Å². The average molecular weight is 240 g/mol. The lowest BCUT2D eigenvalue weighted by atomic mass is 10.1. The van der Waals surface area contributed by atoms with Crippen LogP contribution in [0.25, 0.3) is 0 Å². The highest BCUT2D eigenvalue weighted by molar-refractivity contribution is 7.09. The van der Waals surface area contributed by atoms with Crippen molar-refractivity contribution in [1.82, 2.24) is 10.3 Å². The number of nitrogens with one attached hydrogen (secondary N) is 1. The molecule has 1 N–H and O–H groups in total. The van der Waals surface area contributed by atoms with Crippen LogP contribution in [0.3, 0.4) is 0 Å². The van der Waals surface area contributed by atoms with E-state index in [0.717, 1.165) is 17.2 Å². The maximum absolute atomic E-state index is 5.33. The zero-order valence-electron chi connectivity index (χ0n) is 10.2. The monoisotopic (exact) mass is 240 g/mol. The Morgan fingerprint density at radius 2 is 2.31 bits per heavy atom. The molecule has 1 heterocycles. The van der Waals surface area contributed by atoms with Gasteiger partial charge in [-0.3, -0.25) is 0 Å². The van der Waals surface area contributed by atoms with Crippen molar-refractivity contribution in [2.24, 2.45) is 0 Å². The molecule has 0 aliphatic carbocycles. The highest BCUT2D eigenvalue weighted by Crippen LogP contribution is 2.12. The Hall–Kier alpha value is -0.710. The van der Waals surface area contributed by atoms with Gasteiger partial charge in [-0.05, 0) is 20.8 Å². The third kappa shape index (κ3) is 5.39. The summed E-state index contributed by atoms with van der Waals surface area (Å²) in [6, 6.07) is 0. The summed E-state index contributed by atoms with van der Waals surface area (Å²) in [7, 11) is 0. The Balaban J connectivity index is 2.36. The van der Waals surface area contributed by atoms with Crippen LogP contribution in [0.1, 0.15) is 31.5 Å². The molecule has 0 spiro atoms. The van der Waals surface area contributed by atoms with E-state index < -0.39 is 0 Å². The van der Waals surface area contributed by atoms with E-state index in [1.165, 1.54) is 0 Å². The lowest BCUT2D eigenvalue weighted by Gasteiger charge is -2.19. The fourth-order valence-corrected chi connectivity index (χ4v) is 1.80. The highest BCUT2D eigenvalue weighted by atomic mass is 32.1. The summed E-state index contributed by atoms with van der Waals surface area (Å²) in [5.74, 6) is 0. The molecule has 0 atom stereocenters. The molecule has 0 fully saturated rings. The highest BCUT2D eigenvalue weighted by Gasteiger charge is 2.10. The number of nitrogens with zero attached hydrogens (tertiary/aromatic N) is 1. The van der Waals surface area contributed by atoms with Gasteiger partial charge in [-0.25, -0.2) is 4.98 Å². The number of thiazole rings is 1. The van der Waals surface area contributed by atoms with Crippen LogP contribution in [0.5, 0.6) is 0 Å². The van der Waals surface area contributed by atoms with Crippen LogP contribution < -0.4 is 5.32 Å². The van der Waals surface area contributed by atoms with Crippen LogP contribution in [0.15, 0.2) is 18.0 Å². The molecule has 3 nitrogen and oxygen atoms in total. The average Bonchev–Trinajstić information content (AvgIpc) is 2.62. The molecule has 0 saturated carbocycles. The van der Waals surface area contributed by atoms with Gasteiger partial charge in [-0.2, -0.15) is 0 Å². The number of rotatable bonds is 6. The van der Waals surface area contributed by atoms with Gasteiger partial charge >= 0.3 is 0 Å². The molecule has 0 bridgehead atoms. The number of aromatic nitrogens is 1. The smallest absolute Gasteiger partial charge is 0.107 e. The fraction of sp³-hybridized carbons (Fsp3) is 0.583. The molecular formula is C12H20N2OS. The first kappa shape index (κ1) is 13.4. The second-order valence-electron chi connectivity index (χ2n) is 4.64. The van der Waals surface area contributed by atoms with Gasteiger partial charge in [0.2, 0.25) is 0 Å². The Bertz CT molecular complexity index is 328. The Morgan fingerprint density at radius 1 is 1.56 bits per heavy atom. The SMILES string of the molecule is C=CCOCc1csc(CNC(C)(C)C)n1. The summed E-state index contributed by atoms with van der Waals surface area (Å²) < 4.78 is 5.33. The predicted octanol–water partition coefficient (Wildman–Crippen LogP) is 2.73. The summed E-state index contributed by atoms with van der Waals surface area (Å²) in [5.41, 5.74) is 1.13. The van der Waals surface area contributed by atoms with Gasteiger partial charge < -0.3 is 10.1 Å². The number of hydrogen-bond acceptors (Lipinski definition) is 4. The molecule has 0 aliphatic heterocycles. The van der Waals surface area contributed by atoms with Crippen molar-refractivity contribution in [2.45, 2.75) is 39.5 Å². The molecule has 16 heavy (non-hydrogen) atoms. The summed E-state index contributed by atoms with van der Waals surface area (Å²) >= 11 is 1.67. The minimum absolute atomic E-state index is 0.130. The van der Waals surface area contributed by atoms with E-state index in [1.807, 2.05) is 5.38 Å². The number of hydrogen-bond donors (Lipinski definition) is 1. The molecule has 4 heteroatoms. The zero-order chi connectivity index (χ0) is 12.0. The first-order valence-corrected chi connectivity index (χ1v) is 6.26. The van der Waals surface area contributed by atoms with Crippen LogP contribution in [-0.2, 0) is 17.9 Å². The Labute approximate surface area is 102 Å². The molecule has 1 aromatic heterocycles. The minimum Gasteiger partial charge on any atom is -0.371 e. The van der Waals surface area contributed by atoms with E-state index in [4.69, 9.17) is 4.74 Å². The van der Waals surface area contributed by atoms with E-state index in [-0.39, 0.29) is 5.54 Å². The van der Waals surface area contributed by atoms with E-state index in [1.54, 1.807) is 17.4 Å². The molecule has 0 aliphatic rings. The first-order valence-electron chi connectivity index (χ1n) is 5.38. The third-order valence-corrected chi connectivity index (χ3v) is 2.75. The topological polar surface area (TPSA) is 34.1 Å². The van der Waals surface area contributed by atoms with Crippen molar-refractivity contribution in [3.63, 3.8) is 0 Å². The second kappa shape index (κ2) is 6.13. The summed E-state index contributed by atoms with van der Waals surface area (Å²) in [4.78, 5) is 4.48. The summed E-state index contributed by atoms with van der Waals surface area (Å²) in [6.07, 6.45) is 1.74. The molecule has 0 amide bonds. The number of ether oxygens (including phenoxy) is 1. The standard InChI is InChI=1S/C12H20N2OS/c1-5-6-15-8-10-9-16-11(14-10)7-13-12(2,3)4/h5,9,13H,1,6-8H2,2-4H3. The van der Waals surface area contributed by atoms with Gasteiger partial charge in [0, 0.05) is 17.5 Å².